The molecule has 3 saturated heterocycles. The van der Waals surface area contributed by atoms with E-state index in [0.717, 1.165) is 6.92 Å². The summed E-state index contributed by atoms with van der Waals surface area (Å²) >= 11 is 0. The van der Waals surface area contributed by atoms with Crippen LogP contribution in [-0.2, 0) is 43.1 Å². The number of ether oxygens (including phenoxy) is 5. The van der Waals surface area contributed by atoms with Gasteiger partial charge >= 0.3 is 10.4 Å². The summed E-state index contributed by atoms with van der Waals surface area (Å²) in [5.41, 5.74) is 0. The first-order chi connectivity index (χ1) is 18.5. The SMILES string of the molecule is CC(=O)N[C@@H]1[C@@H](O[C@@H]2O[C@H](CO)[C@H](O)[C@H](O)[C@H]2O)[C@H](OC2O[C@@H](C)[C@@H](O)[C@@H](O)[C@@H]2O)[C@@H](COS(=O)(=O)O)O[C@H]1O. The second-order valence-corrected chi connectivity index (χ2v) is 10.7. The van der Waals surface area contributed by atoms with Crippen molar-refractivity contribution in [3.63, 3.8) is 0 Å². The average molecular weight is 610 g/mol. The number of amides is 1. The highest BCUT2D eigenvalue weighted by Gasteiger charge is 2.54. The number of nitrogens with one attached hydrogen (secondary N) is 1. The van der Waals surface area contributed by atoms with Crippen LogP contribution in [0.3, 0.4) is 0 Å². The molecule has 10 N–H and O–H groups in total. The van der Waals surface area contributed by atoms with Gasteiger partial charge in [-0.15, -0.1) is 0 Å². The van der Waals surface area contributed by atoms with Crippen LogP contribution < -0.4 is 5.32 Å². The molecule has 19 nitrogen and oxygen atoms in total. The highest BCUT2D eigenvalue weighted by Crippen LogP contribution is 2.33. The van der Waals surface area contributed by atoms with Crippen LogP contribution in [0.4, 0.5) is 0 Å². The van der Waals surface area contributed by atoms with E-state index in [2.05, 4.69) is 9.50 Å². The van der Waals surface area contributed by atoms with E-state index < -0.39 is 122 Å². The van der Waals surface area contributed by atoms with Crippen molar-refractivity contribution < 1.29 is 86.5 Å². The predicted octanol–water partition coefficient (Wildman–Crippen LogP) is -6.57. The lowest BCUT2D eigenvalue weighted by atomic mass is 9.94. The van der Waals surface area contributed by atoms with E-state index in [4.69, 9.17) is 28.2 Å². The Balaban J connectivity index is 2.00. The maximum absolute atomic E-state index is 11.9. The molecule has 0 aromatic rings. The Labute approximate surface area is 227 Å². The van der Waals surface area contributed by atoms with Gasteiger partial charge < -0.3 is 69.9 Å². The zero-order valence-corrected chi connectivity index (χ0v) is 22.0. The lowest BCUT2D eigenvalue weighted by Crippen LogP contribution is -2.69. The molecule has 0 bridgehead atoms. The number of carbonyl (C=O) groups is 1. The van der Waals surface area contributed by atoms with Crippen LogP contribution >= 0.6 is 0 Å². The molecule has 0 spiro atoms. The van der Waals surface area contributed by atoms with Crippen molar-refractivity contribution in [2.24, 2.45) is 0 Å². The third-order valence-corrected chi connectivity index (χ3v) is 7.09. The van der Waals surface area contributed by atoms with Crippen LogP contribution in [0.1, 0.15) is 13.8 Å². The van der Waals surface area contributed by atoms with Gasteiger partial charge in [-0.3, -0.25) is 9.35 Å². The molecule has 3 aliphatic rings. The van der Waals surface area contributed by atoms with Crippen LogP contribution in [0.5, 0.6) is 0 Å². The molecule has 3 heterocycles. The van der Waals surface area contributed by atoms with Gasteiger partial charge in [0.25, 0.3) is 0 Å². The Kier molecular flexibility index (Phi) is 11.2. The van der Waals surface area contributed by atoms with Gasteiger partial charge in [-0.25, -0.2) is 4.18 Å². The quantitative estimate of drug-likeness (QED) is 0.109. The molecule has 3 rings (SSSR count). The van der Waals surface area contributed by atoms with Gasteiger partial charge in [-0.1, -0.05) is 0 Å². The van der Waals surface area contributed by atoms with E-state index in [0.29, 0.717) is 0 Å². The first-order valence-electron chi connectivity index (χ1n) is 12.1. The van der Waals surface area contributed by atoms with Crippen LogP contribution in [0.15, 0.2) is 0 Å². The van der Waals surface area contributed by atoms with E-state index in [1.54, 1.807) is 0 Å². The smallest absolute Gasteiger partial charge is 0.394 e. The second-order valence-electron chi connectivity index (χ2n) is 9.58. The van der Waals surface area contributed by atoms with Gasteiger partial charge in [0.05, 0.1) is 19.3 Å². The number of aliphatic hydroxyl groups excluding tert-OH is 8. The third kappa shape index (κ3) is 7.60. The van der Waals surface area contributed by atoms with Crippen molar-refractivity contribution in [3.8, 4) is 0 Å². The summed E-state index contributed by atoms with van der Waals surface area (Å²) in [4.78, 5) is 11.9. The van der Waals surface area contributed by atoms with Crippen LogP contribution in [0.25, 0.3) is 0 Å². The predicted molar refractivity (Wildman–Crippen MR) is 122 cm³/mol. The highest BCUT2D eigenvalue weighted by atomic mass is 32.3. The molecule has 1 amide bonds. The molecule has 3 aliphatic heterocycles. The van der Waals surface area contributed by atoms with Gasteiger partial charge in [0.1, 0.15) is 67.1 Å². The van der Waals surface area contributed by atoms with Crippen LogP contribution in [-0.4, -0.2) is 165 Å². The van der Waals surface area contributed by atoms with E-state index in [9.17, 15) is 54.1 Å². The van der Waals surface area contributed by atoms with Gasteiger partial charge in [0.15, 0.2) is 18.9 Å². The van der Waals surface area contributed by atoms with Crippen molar-refractivity contribution in [1.82, 2.24) is 5.32 Å². The molecular formula is C20H35NO18S. The minimum Gasteiger partial charge on any atom is -0.394 e. The minimum absolute atomic E-state index is 0.748. The first kappa shape index (κ1) is 33.3. The molecule has 0 aromatic heterocycles. The number of hydrogen-bond acceptors (Lipinski definition) is 17. The monoisotopic (exact) mass is 609 g/mol. The standard InChI is InChI=1S/C20H35NO18S/c1-5-10(24)12(26)14(28)19(35-5)38-16-8(4-34-40(31,32)33)36-18(30)9(21-6(2)23)17(16)39-20-15(29)13(27)11(25)7(3-22)37-20/h5,7-20,22,24-30H,3-4H2,1-2H3,(H,21,23)(H,31,32,33)/t5-,7+,8+,9+,10+,11-,12+,13-,14-,15+,16+,17+,18+,19?,20-/m0/s1. The Morgan fingerprint density at radius 1 is 0.800 bits per heavy atom. The summed E-state index contributed by atoms with van der Waals surface area (Å²) in [6.45, 7) is 0.499. The van der Waals surface area contributed by atoms with Crippen molar-refractivity contribution >= 4 is 16.3 Å². The summed E-state index contributed by atoms with van der Waals surface area (Å²) in [7, 11) is -5.08. The molecule has 20 heteroatoms. The second kappa shape index (κ2) is 13.4. The maximum Gasteiger partial charge on any atom is 0.397 e. The fraction of sp³-hybridized carbons (Fsp3) is 0.950. The largest absolute Gasteiger partial charge is 0.397 e. The molecule has 40 heavy (non-hydrogen) atoms. The molecule has 0 radical (unpaired) electrons. The molecular weight excluding hydrogens is 574 g/mol. The Morgan fingerprint density at radius 2 is 1.35 bits per heavy atom. The lowest BCUT2D eigenvalue weighted by molar-refractivity contribution is -0.370. The molecule has 0 saturated carbocycles. The number of aliphatic hydroxyl groups is 8. The summed E-state index contributed by atoms with van der Waals surface area (Å²) < 4.78 is 63.5. The van der Waals surface area contributed by atoms with E-state index in [1.165, 1.54) is 6.92 Å². The van der Waals surface area contributed by atoms with Crippen molar-refractivity contribution in [3.05, 3.63) is 0 Å². The minimum atomic E-state index is -5.08. The number of carbonyl (C=O) groups excluding carboxylic acids is 1. The first-order valence-corrected chi connectivity index (χ1v) is 13.5. The average Bonchev–Trinajstić information content (AvgIpc) is 2.87. The Bertz CT molecular complexity index is 954. The topological polar surface area (TPSA) is 301 Å². The van der Waals surface area contributed by atoms with Gasteiger partial charge in [0.2, 0.25) is 5.91 Å². The maximum atomic E-state index is 11.9. The van der Waals surface area contributed by atoms with Crippen LogP contribution in [0, 0.1) is 0 Å². The molecule has 3 fully saturated rings. The number of rotatable bonds is 9. The third-order valence-electron chi connectivity index (χ3n) is 6.66. The highest BCUT2D eigenvalue weighted by molar-refractivity contribution is 7.80. The molecule has 0 aromatic carbocycles. The van der Waals surface area contributed by atoms with E-state index >= 15 is 0 Å². The van der Waals surface area contributed by atoms with Crippen LogP contribution in [0.2, 0.25) is 0 Å². The zero-order chi connectivity index (χ0) is 30.1. The normalized spacial score (nSPS) is 46.6. The summed E-state index contributed by atoms with van der Waals surface area (Å²) in [5, 5.41) is 83.8. The Hall–Kier alpha value is -1.18. The molecule has 15 atom stereocenters. The van der Waals surface area contributed by atoms with Crippen molar-refractivity contribution in [2.45, 2.75) is 106 Å². The Morgan fingerprint density at radius 3 is 1.90 bits per heavy atom. The van der Waals surface area contributed by atoms with Crippen molar-refractivity contribution in [2.75, 3.05) is 13.2 Å². The summed E-state index contributed by atoms with van der Waals surface area (Å²) in [6, 6.07) is -1.59. The van der Waals surface area contributed by atoms with Gasteiger partial charge in [0, 0.05) is 6.92 Å². The fourth-order valence-corrected chi connectivity index (χ4v) is 4.84. The van der Waals surface area contributed by atoms with Gasteiger partial charge in [-0.05, 0) is 6.92 Å². The summed E-state index contributed by atoms with van der Waals surface area (Å²) in [6.07, 6.45) is -24.2. The number of hydrogen-bond donors (Lipinski definition) is 10. The molecule has 0 aliphatic carbocycles. The van der Waals surface area contributed by atoms with Gasteiger partial charge in [-0.2, -0.15) is 8.42 Å². The van der Waals surface area contributed by atoms with E-state index in [-0.39, 0.29) is 0 Å². The lowest BCUT2D eigenvalue weighted by Gasteiger charge is -2.49. The molecule has 234 valence electrons. The zero-order valence-electron chi connectivity index (χ0n) is 21.2. The fourth-order valence-electron chi connectivity index (χ4n) is 4.54. The molecule has 1 unspecified atom stereocenters. The van der Waals surface area contributed by atoms with Crippen molar-refractivity contribution in [1.29, 1.82) is 0 Å². The summed E-state index contributed by atoms with van der Waals surface area (Å²) in [5.74, 6) is -0.748. The van der Waals surface area contributed by atoms with E-state index in [1.807, 2.05) is 0 Å².